The van der Waals surface area contributed by atoms with E-state index in [0.29, 0.717) is 6.04 Å². The Kier molecular flexibility index (Phi) is 5.49. The van der Waals surface area contributed by atoms with Gasteiger partial charge in [0.25, 0.3) is 0 Å². The first-order chi connectivity index (χ1) is 6.74. The van der Waals surface area contributed by atoms with Gasteiger partial charge in [0.05, 0.1) is 0 Å². The summed E-state index contributed by atoms with van der Waals surface area (Å²) < 4.78 is 0. The molecule has 0 aromatic carbocycles. The molecule has 2 N–H and O–H groups in total. The van der Waals surface area contributed by atoms with Crippen LogP contribution in [0.5, 0.6) is 0 Å². The van der Waals surface area contributed by atoms with Gasteiger partial charge < -0.3 is 10.6 Å². The lowest BCUT2D eigenvalue weighted by molar-refractivity contribution is 0.166. The molecular weight excluding hydrogens is 172 g/mol. The second kappa shape index (κ2) is 6.41. The zero-order valence-electron chi connectivity index (χ0n) is 9.84. The largest absolute Gasteiger partial charge is 0.326 e. The van der Waals surface area contributed by atoms with E-state index < -0.39 is 0 Å². The van der Waals surface area contributed by atoms with E-state index in [4.69, 9.17) is 5.73 Å². The van der Waals surface area contributed by atoms with Crippen molar-refractivity contribution in [3.8, 4) is 0 Å². The van der Waals surface area contributed by atoms with E-state index in [1.165, 1.54) is 45.2 Å². The summed E-state index contributed by atoms with van der Waals surface area (Å²) in [6.45, 7) is 8.19. The number of unbranched alkanes of at least 4 members (excludes halogenated alkanes) is 3. The van der Waals surface area contributed by atoms with Crippen LogP contribution in [-0.2, 0) is 0 Å². The molecule has 0 bridgehead atoms. The van der Waals surface area contributed by atoms with E-state index in [9.17, 15) is 0 Å². The van der Waals surface area contributed by atoms with Gasteiger partial charge in [-0.2, -0.15) is 0 Å². The lowest BCUT2D eigenvalue weighted by Gasteiger charge is -2.35. The summed E-state index contributed by atoms with van der Waals surface area (Å²) in [5.41, 5.74) is 6.06. The van der Waals surface area contributed by atoms with Gasteiger partial charge in [-0.25, -0.2) is 0 Å². The predicted octanol–water partition coefficient (Wildman–Crippen LogP) is 2.24. The molecule has 1 rings (SSSR count). The van der Waals surface area contributed by atoms with Gasteiger partial charge in [-0.3, -0.25) is 0 Å². The lowest BCUT2D eigenvalue weighted by Crippen LogP contribution is -2.47. The monoisotopic (exact) mass is 198 g/mol. The van der Waals surface area contributed by atoms with Crippen LogP contribution in [0.25, 0.3) is 0 Å². The highest BCUT2D eigenvalue weighted by molar-refractivity contribution is 4.80. The highest BCUT2D eigenvalue weighted by Crippen LogP contribution is 2.15. The van der Waals surface area contributed by atoms with Crippen LogP contribution in [0.15, 0.2) is 0 Å². The van der Waals surface area contributed by atoms with Gasteiger partial charge in [-0.1, -0.05) is 33.1 Å². The Bertz CT molecular complexity index is 147. The third-order valence-electron chi connectivity index (χ3n) is 3.43. The Balaban J connectivity index is 2.07. The van der Waals surface area contributed by atoms with Gasteiger partial charge in [-0.05, 0) is 31.8 Å². The van der Waals surface area contributed by atoms with Crippen molar-refractivity contribution < 1.29 is 0 Å². The van der Waals surface area contributed by atoms with Crippen LogP contribution in [0.3, 0.4) is 0 Å². The quantitative estimate of drug-likeness (QED) is 0.686. The molecule has 0 aliphatic carbocycles. The van der Waals surface area contributed by atoms with Gasteiger partial charge in [0.15, 0.2) is 0 Å². The highest BCUT2D eigenvalue weighted by Gasteiger charge is 2.22. The molecule has 2 nitrogen and oxygen atoms in total. The van der Waals surface area contributed by atoms with Crippen molar-refractivity contribution in [1.29, 1.82) is 0 Å². The maximum Gasteiger partial charge on any atom is 0.0194 e. The Morgan fingerprint density at radius 3 is 2.71 bits per heavy atom. The second-order valence-electron chi connectivity index (χ2n) is 4.79. The summed E-state index contributed by atoms with van der Waals surface area (Å²) in [6.07, 6.45) is 6.74. The molecule has 1 aliphatic heterocycles. The average molecular weight is 198 g/mol. The Hall–Kier alpha value is -0.0800. The summed E-state index contributed by atoms with van der Waals surface area (Å²) >= 11 is 0. The van der Waals surface area contributed by atoms with Crippen LogP contribution in [0.1, 0.15) is 46.0 Å². The van der Waals surface area contributed by atoms with Crippen molar-refractivity contribution in [3.63, 3.8) is 0 Å². The van der Waals surface area contributed by atoms with E-state index in [1.54, 1.807) is 0 Å². The number of nitrogens with zero attached hydrogens (tertiary/aromatic N) is 1. The molecular formula is C12H26N2. The third kappa shape index (κ3) is 3.97. The minimum absolute atomic E-state index is 0.412. The van der Waals surface area contributed by atoms with E-state index in [1.807, 2.05) is 0 Å². The molecule has 84 valence electrons. The van der Waals surface area contributed by atoms with Crippen LogP contribution >= 0.6 is 0 Å². The number of hydrogen-bond acceptors (Lipinski definition) is 2. The van der Waals surface area contributed by atoms with Crippen LogP contribution in [0.4, 0.5) is 0 Å². The first-order valence-electron chi connectivity index (χ1n) is 6.22. The summed E-state index contributed by atoms with van der Waals surface area (Å²) in [6, 6.07) is 0.412. The third-order valence-corrected chi connectivity index (χ3v) is 3.43. The average Bonchev–Trinajstić information content (AvgIpc) is 2.18. The molecule has 0 aromatic rings. The Morgan fingerprint density at radius 2 is 2.07 bits per heavy atom. The fraction of sp³-hybridized carbons (Fsp3) is 1.00. The maximum absolute atomic E-state index is 6.06. The molecule has 2 atom stereocenters. The SMILES string of the molecule is CCCCCCN1CCC(C)C(N)C1. The van der Waals surface area contributed by atoms with E-state index in [2.05, 4.69) is 18.7 Å². The van der Waals surface area contributed by atoms with Crippen LogP contribution in [0, 0.1) is 5.92 Å². The Labute approximate surface area is 88.8 Å². The van der Waals surface area contributed by atoms with Gasteiger partial charge >= 0.3 is 0 Å². The fourth-order valence-corrected chi connectivity index (χ4v) is 2.13. The topological polar surface area (TPSA) is 29.3 Å². The minimum atomic E-state index is 0.412. The molecule has 1 fully saturated rings. The second-order valence-corrected chi connectivity index (χ2v) is 4.79. The lowest BCUT2D eigenvalue weighted by atomic mass is 9.94. The first-order valence-corrected chi connectivity index (χ1v) is 6.22. The van der Waals surface area contributed by atoms with E-state index >= 15 is 0 Å². The zero-order chi connectivity index (χ0) is 10.4. The predicted molar refractivity (Wildman–Crippen MR) is 62.3 cm³/mol. The summed E-state index contributed by atoms with van der Waals surface area (Å²) in [5, 5.41) is 0. The molecule has 0 aromatic heterocycles. The maximum atomic E-state index is 6.06. The van der Waals surface area contributed by atoms with Crippen molar-refractivity contribution in [2.24, 2.45) is 11.7 Å². The van der Waals surface area contributed by atoms with Gasteiger partial charge in [0, 0.05) is 12.6 Å². The van der Waals surface area contributed by atoms with Crippen LogP contribution in [-0.4, -0.2) is 30.6 Å². The van der Waals surface area contributed by atoms with Crippen molar-refractivity contribution in [1.82, 2.24) is 4.90 Å². The van der Waals surface area contributed by atoms with Crippen molar-refractivity contribution in [2.45, 2.75) is 52.0 Å². The molecule has 0 amide bonds. The summed E-state index contributed by atoms with van der Waals surface area (Å²) in [4.78, 5) is 2.54. The summed E-state index contributed by atoms with van der Waals surface area (Å²) in [7, 11) is 0. The van der Waals surface area contributed by atoms with Crippen LogP contribution in [0.2, 0.25) is 0 Å². The molecule has 14 heavy (non-hydrogen) atoms. The van der Waals surface area contributed by atoms with Gasteiger partial charge in [0.2, 0.25) is 0 Å². The minimum Gasteiger partial charge on any atom is -0.326 e. The van der Waals surface area contributed by atoms with Gasteiger partial charge in [-0.15, -0.1) is 0 Å². The number of likely N-dealkylation sites (tertiary alicyclic amines) is 1. The first kappa shape index (κ1) is 12.0. The summed E-state index contributed by atoms with van der Waals surface area (Å²) in [5.74, 6) is 0.724. The van der Waals surface area contributed by atoms with Crippen molar-refractivity contribution in [2.75, 3.05) is 19.6 Å². The molecule has 0 radical (unpaired) electrons. The van der Waals surface area contributed by atoms with Crippen LogP contribution < -0.4 is 5.73 Å². The number of piperidine rings is 1. The Morgan fingerprint density at radius 1 is 1.29 bits per heavy atom. The van der Waals surface area contributed by atoms with Crippen molar-refractivity contribution >= 4 is 0 Å². The van der Waals surface area contributed by atoms with Gasteiger partial charge in [0.1, 0.15) is 0 Å². The fourth-order valence-electron chi connectivity index (χ4n) is 2.13. The molecule has 2 heteroatoms. The molecule has 0 spiro atoms. The molecule has 0 saturated carbocycles. The number of hydrogen-bond donors (Lipinski definition) is 1. The van der Waals surface area contributed by atoms with Crippen molar-refractivity contribution in [3.05, 3.63) is 0 Å². The molecule has 2 unspecified atom stereocenters. The zero-order valence-corrected chi connectivity index (χ0v) is 9.84. The van der Waals surface area contributed by atoms with E-state index in [0.717, 1.165) is 12.5 Å². The standard InChI is InChI=1S/C12H26N2/c1-3-4-5-6-8-14-9-7-11(2)12(13)10-14/h11-12H,3-10,13H2,1-2H3. The molecule has 1 saturated heterocycles. The smallest absolute Gasteiger partial charge is 0.0194 e. The number of nitrogens with two attached hydrogens (primary N) is 1. The number of rotatable bonds is 5. The highest BCUT2D eigenvalue weighted by atomic mass is 15.1. The van der Waals surface area contributed by atoms with E-state index in [-0.39, 0.29) is 0 Å². The molecule has 1 heterocycles. The molecule has 1 aliphatic rings. The normalized spacial score (nSPS) is 29.4.